The summed E-state index contributed by atoms with van der Waals surface area (Å²) in [6, 6.07) is 2.49. The van der Waals surface area contributed by atoms with Gasteiger partial charge >= 0.3 is 5.97 Å². The summed E-state index contributed by atoms with van der Waals surface area (Å²) < 4.78 is 5.17. The fraction of sp³-hybridized carbons (Fsp3) is 0.526. The summed E-state index contributed by atoms with van der Waals surface area (Å²) in [4.78, 5) is 16.6. The Morgan fingerprint density at radius 2 is 2.36 bits per heavy atom. The number of nitrogens with one attached hydrogen (secondary N) is 2. The summed E-state index contributed by atoms with van der Waals surface area (Å²) in [6.45, 7) is 5.97. The average molecular weight is 342 g/mol. The highest BCUT2D eigenvalue weighted by atomic mass is 16.5. The quantitative estimate of drug-likeness (QED) is 0.698. The Bertz CT molecular complexity index is 666. The summed E-state index contributed by atoms with van der Waals surface area (Å²) in [5.74, 6) is 0.841. The molecule has 2 rings (SSSR count). The van der Waals surface area contributed by atoms with Crippen molar-refractivity contribution >= 4 is 23.6 Å². The van der Waals surface area contributed by atoms with Crippen molar-refractivity contribution < 1.29 is 9.53 Å². The van der Waals surface area contributed by atoms with E-state index in [1.165, 1.54) is 0 Å². The molecule has 1 heterocycles. The largest absolute Gasteiger partial charge is 0.462 e. The molecule has 0 spiro atoms. The molecule has 6 nitrogen and oxygen atoms in total. The van der Waals surface area contributed by atoms with Gasteiger partial charge in [0.1, 0.15) is 11.4 Å². The number of rotatable bonds is 8. The molecule has 6 heteroatoms. The first-order valence-corrected chi connectivity index (χ1v) is 8.78. The Balaban J connectivity index is 2.26. The van der Waals surface area contributed by atoms with Crippen LogP contribution in [0.15, 0.2) is 12.8 Å². The molecule has 0 aliphatic heterocycles. The molecule has 1 aromatic heterocycles. The van der Waals surface area contributed by atoms with Crippen LogP contribution in [0.4, 0.5) is 11.5 Å². The van der Waals surface area contributed by atoms with E-state index in [4.69, 9.17) is 10.00 Å². The van der Waals surface area contributed by atoms with Gasteiger partial charge in [0.15, 0.2) is 0 Å². The van der Waals surface area contributed by atoms with Crippen molar-refractivity contribution in [2.75, 3.05) is 24.3 Å². The average Bonchev–Trinajstić information content (AvgIpc) is 3.07. The molecule has 0 radical (unpaired) electrons. The second-order valence-electron chi connectivity index (χ2n) is 6.20. The third-order valence-corrected chi connectivity index (χ3v) is 4.61. The van der Waals surface area contributed by atoms with Gasteiger partial charge in [0.25, 0.3) is 0 Å². The molecule has 1 aromatic rings. The Morgan fingerprint density at radius 3 is 3.00 bits per heavy atom. The number of nitriles is 1. The molecule has 1 aliphatic rings. The Hall–Kier alpha value is -2.55. The highest BCUT2D eigenvalue weighted by molar-refractivity contribution is 5.99. The third kappa shape index (κ3) is 4.50. The molecular formula is C19H26N4O2. The lowest BCUT2D eigenvalue weighted by atomic mass is 10.0. The third-order valence-electron chi connectivity index (χ3n) is 4.61. The number of nitrogens with zero attached hydrogens (tertiary/aromatic N) is 2. The molecule has 0 saturated heterocycles. The second-order valence-corrected chi connectivity index (χ2v) is 6.20. The number of hydrogen-bond donors (Lipinski definition) is 2. The van der Waals surface area contributed by atoms with Crippen molar-refractivity contribution in [3.05, 3.63) is 23.9 Å². The van der Waals surface area contributed by atoms with E-state index in [-0.39, 0.29) is 12.0 Å². The second kappa shape index (κ2) is 9.07. The number of carbonyl (C=O) groups is 1. The molecule has 2 unspecified atom stereocenters. The predicted molar refractivity (Wildman–Crippen MR) is 99.4 cm³/mol. The van der Waals surface area contributed by atoms with Gasteiger partial charge in [-0.25, -0.2) is 9.78 Å². The first kappa shape index (κ1) is 18.8. The predicted octanol–water partition coefficient (Wildman–Crippen LogP) is 3.83. The number of hydrogen-bond acceptors (Lipinski definition) is 6. The van der Waals surface area contributed by atoms with Gasteiger partial charge in [-0.3, -0.25) is 0 Å². The number of carbonyl (C=O) groups excluding carboxylic acids is 1. The van der Waals surface area contributed by atoms with E-state index in [9.17, 15) is 4.79 Å². The van der Waals surface area contributed by atoms with Crippen LogP contribution in [0.2, 0.25) is 0 Å². The zero-order chi connectivity index (χ0) is 18.2. The molecule has 134 valence electrons. The molecule has 0 bridgehead atoms. The number of pyridine rings is 1. The van der Waals surface area contributed by atoms with E-state index in [2.05, 4.69) is 28.3 Å². The molecule has 25 heavy (non-hydrogen) atoms. The standard InChI is InChI=1S/C19H26N4O2/c1-4-15-17(23-14-9-8-13(11-14)7-6-10-20)16(19(24)25-5-2)12-22-18(15)21-3/h4,12-14H,1,5-9,11H2,2-3H3,(H2,21,22,23). The number of esters is 1. The van der Waals surface area contributed by atoms with Crippen LogP contribution in [0.25, 0.3) is 6.08 Å². The SMILES string of the molecule is C=Cc1c(NC)ncc(C(=O)OCC)c1NC1CCC(CCC#N)C1. The van der Waals surface area contributed by atoms with Gasteiger partial charge in [-0.2, -0.15) is 5.26 Å². The zero-order valence-corrected chi connectivity index (χ0v) is 15.0. The summed E-state index contributed by atoms with van der Waals surface area (Å²) in [5.41, 5.74) is 1.92. The Labute approximate surface area is 149 Å². The lowest BCUT2D eigenvalue weighted by Gasteiger charge is -2.20. The van der Waals surface area contributed by atoms with Crippen LogP contribution in [0.5, 0.6) is 0 Å². The van der Waals surface area contributed by atoms with Crippen LogP contribution in [-0.2, 0) is 4.74 Å². The Kier molecular flexibility index (Phi) is 6.81. The smallest absolute Gasteiger partial charge is 0.341 e. The lowest BCUT2D eigenvalue weighted by molar-refractivity contribution is 0.0527. The summed E-state index contributed by atoms with van der Waals surface area (Å²) in [6.07, 6.45) is 7.90. The van der Waals surface area contributed by atoms with Crippen LogP contribution in [0.1, 0.15) is 54.9 Å². The maximum atomic E-state index is 12.3. The minimum atomic E-state index is -0.387. The minimum absolute atomic E-state index is 0.266. The minimum Gasteiger partial charge on any atom is -0.462 e. The van der Waals surface area contributed by atoms with Crippen LogP contribution in [0, 0.1) is 17.2 Å². The van der Waals surface area contributed by atoms with Gasteiger partial charge in [-0.05, 0) is 38.5 Å². The van der Waals surface area contributed by atoms with Crippen molar-refractivity contribution in [1.29, 1.82) is 5.26 Å². The van der Waals surface area contributed by atoms with E-state index >= 15 is 0 Å². The van der Waals surface area contributed by atoms with Gasteiger partial charge in [0.2, 0.25) is 0 Å². The number of aromatic nitrogens is 1. The molecule has 0 amide bonds. The first-order chi connectivity index (χ1) is 12.1. The summed E-state index contributed by atoms with van der Waals surface area (Å²) in [7, 11) is 1.79. The van der Waals surface area contributed by atoms with Crippen molar-refractivity contribution in [3.63, 3.8) is 0 Å². The molecule has 1 fully saturated rings. The summed E-state index contributed by atoms with van der Waals surface area (Å²) in [5, 5.41) is 15.3. The van der Waals surface area contributed by atoms with Crippen molar-refractivity contribution in [2.45, 2.75) is 45.1 Å². The van der Waals surface area contributed by atoms with Gasteiger partial charge in [-0.1, -0.05) is 12.7 Å². The monoisotopic (exact) mass is 342 g/mol. The van der Waals surface area contributed by atoms with Gasteiger partial charge in [-0.15, -0.1) is 0 Å². The van der Waals surface area contributed by atoms with Crippen molar-refractivity contribution in [1.82, 2.24) is 4.98 Å². The van der Waals surface area contributed by atoms with Crippen LogP contribution >= 0.6 is 0 Å². The number of anilines is 2. The normalized spacial score (nSPS) is 19.1. The molecular weight excluding hydrogens is 316 g/mol. The molecule has 0 aromatic carbocycles. The Morgan fingerprint density at radius 1 is 1.56 bits per heavy atom. The maximum absolute atomic E-state index is 12.3. The molecule has 2 N–H and O–H groups in total. The van der Waals surface area contributed by atoms with Gasteiger partial charge < -0.3 is 15.4 Å². The van der Waals surface area contributed by atoms with Crippen LogP contribution in [-0.4, -0.2) is 30.6 Å². The van der Waals surface area contributed by atoms with E-state index in [0.717, 1.165) is 36.9 Å². The highest BCUT2D eigenvalue weighted by Gasteiger charge is 2.27. The van der Waals surface area contributed by atoms with E-state index in [1.807, 2.05) is 0 Å². The fourth-order valence-electron chi connectivity index (χ4n) is 3.38. The lowest BCUT2D eigenvalue weighted by Crippen LogP contribution is -2.20. The summed E-state index contributed by atoms with van der Waals surface area (Å²) >= 11 is 0. The van der Waals surface area contributed by atoms with Crippen molar-refractivity contribution in [3.8, 4) is 6.07 Å². The molecule has 2 atom stereocenters. The maximum Gasteiger partial charge on any atom is 0.341 e. The molecule has 1 saturated carbocycles. The zero-order valence-electron chi connectivity index (χ0n) is 15.0. The van der Waals surface area contributed by atoms with E-state index in [1.54, 1.807) is 26.2 Å². The fourth-order valence-corrected chi connectivity index (χ4v) is 3.38. The van der Waals surface area contributed by atoms with Crippen molar-refractivity contribution in [2.24, 2.45) is 5.92 Å². The van der Waals surface area contributed by atoms with Gasteiger partial charge in [0.05, 0.1) is 18.4 Å². The van der Waals surface area contributed by atoms with E-state index in [0.29, 0.717) is 30.3 Å². The molecule has 1 aliphatic carbocycles. The van der Waals surface area contributed by atoms with Crippen LogP contribution in [0.3, 0.4) is 0 Å². The number of ether oxygens (including phenoxy) is 1. The van der Waals surface area contributed by atoms with Gasteiger partial charge in [0, 0.05) is 31.3 Å². The first-order valence-electron chi connectivity index (χ1n) is 8.78. The van der Waals surface area contributed by atoms with Crippen LogP contribution < -0.4 is 10.6 Å². The topological polar surface area (TPSA) is 87.0 Å². The highest BCUT2D eigenvalue weighted by Crippen LogP contribution is 2.35. The van der Waals surface area contributed by atoms with E-state index < -0.39 is 0 Å².